The predicted octanol–water partition coefficient (Wildman–Crippen LogP) is 4.78. The predicted molar refractivity (Wildman–Crippen MR) is 117 cm³/mol. The van der Waals surface area contributed by atoms with Gasteiger partial charge in [0.05, 0.1) is 16.0 Å². The van der Waals surface area contributed by atoms with Gasteiger partial charge in [0.15, 0.2) is 5.60 Å². The Bertz CT molecular complexity index is 982. The highest BCUT2D eigenvalue weighted by molar-refractivity contribution is 7.85. The SMILES string of the molecule is Cc1ccc(C2(c3ccc(C)cc3)CC(S(=O)c3ccccc3)C(C)(O)OO2)cc1. The molecule has 3 unspecified atom stereocenters. The van der Waals surface area contributed by atoms with E-state index in [4.69, 9.17) is 9.78 Å². The molecule has 0 radical (unpaired) electrons. The number of hydrogen-bond donors (Lipinski definition) is 1. The third kappa shape index (κ3) is 3.86. The lowest BCUT2D eigenvalue weighted by Crippen LogP contribution is -2.55. The first-order valence-corrected chi connectivity index (χ1v) is 11.2. The zero-order chi connectivity index (χ0) is 21.4. The number of benzene rings is 3. The maximum absolute atomic E-state index is 13.5. The Morgan fingerprint density at radius 1 is 0.833 bits per heavy atom. The topological polar surface area (TPSA) is 55.8 Å². The van der Waals surface area contributed by atoms with E-state index in [0.29, 0.717) is 11.3 Å². The van der Waals surface area contributed by atoms with Crippen molar-refractivity contribution in [2.75, 3.05) is 0 Å². The van der Waals surface area contributed by atoms with Crippen LogP contribution in [-0.4, -0.2) is 20.4 Å². The van der Waals surface area contributed by atoms with Crippen molar-refractivity contribution >= 4 is 10.8 Å². The van der Waals surface area contributed by atoms with E-state index < -0.39 is 27.4 Å². The van der Waals surface area contributed by atoms with Gasteiger partial charge in [-0.1, -0.05) is 77.9 Å². The first-order chi connectivity index (χ1) is 14.3. The van der Waals surface area contributed by atoms with Crippen molar-refractivity contribution in [1.82, 2.24) is 0 Å². The second-order valence-electron chi connectivity index (χ2n) is 8.08. The summed E-state index contributed by atoms with van der Waals surface area (Å²) in [7, 11) is -1.50. The summed E-state index contributed by atoms with van der Waals surface area (Å²) in [6.45, 7) is 5.56. The molecule has 1 saturated heterocycles. The summed E-state index contributed by atoms with van der Waals surface area (Å²) >= 11 is 0. The molecule has 1 fully saturated rings. The molecular weight excluding hydrogens is 396 g/mol. The molecule has 1 aliphatic heterocycles. The average Bonchev–Trinajstić information content (AvgIpc) is 2.75. The molecule has 5 heteroatoms. The molecule has 1 N–H and O–H groups in total. The zero-order valence-electron chi connectivity index (χ0n) is 17.4. The fourth-order valence-corrected chi connectivity index (χ4v) is 5.41. The molecule has 156 valence electrons. The van der Waals surface area contributed by atoms with Gasteiger partial charge in [-0.05, 0) is 44.0 Å². The molecule has 30 heavy (non-hydrogen) atoms. The van der Waals surface area contributed by atoms with Crippen LogP contribution in [0.15, 0.2) is 83.8 Å². The van der Waals surface area contributed by atoms with Gasteiger partial charge in [-0.25, -0.2) is 4.89 Å². The lowest BCUT2D eigenvalue weighted by atomic mass is 9.80. The van der Waals surface area contributed by atoms with Gasteiger partial charge in [0, 0.05) is 11.3 Å². The van der Waals surface area contributed by atoms with Gasteiger partial charge in [0.2, 0.25) is 5.79 Å². The van der Waals surface area contributed by atoms with Crippen LogP contribution in [0, 0.1) is 13.8 Å². The largest absolute Gasteiger partial charge is 0.363 e. The highest BCUT2D eigenvalue weighted by atomic mass is 32.2. The van der Waals surface area contributed by atoms with Gasteiger partial charge in [-0.15, -0.1) is 0 Å². The van der Waals surface area contributed by atoms with E-state index in [1.807, 2.05) is 80.6 Å². The lowest BCUT2D eigenvalue weighted by molar-refractivity contribution is -0.475. The summed E-state index contributed by atoms with van der Waals surface area (Å²) in [4.78, 5) is 12.2. The Morgan fingerprint density at radius 2 is 1.33 bits per heavy atom. The average molecular weight is 423 g/mol. The molecule has 4 rings (SSSR count). The Kier molecular flexibility index (Phi) is 5.64. The van der Waals surface area contributed by atoms with Crippen molar-refractivity contribution in [2.45, 2.75) is 48.7 Å². The minimum Gasteiger partial charge on any atom is -0.363 e. The Morgan fingerprint density at radius 3 is 1.83 bits per heavy atom. The molecule has 0 aliphatic carbocycles. The van der Waals surface area contributed by atoms with Crippen LogP contribution in [0.4, 0.5) is 0 Å². The van der Waals surface area contributed by atoms with Crippen LogP contribution < -0.4 is 0 Å². The third-order valence-corrected chi connectivity index (χ3v) is 7.55. The van der Waals surface area contributed by atoms with Gasteiger partial charge < -0.3 is 5.11 Å². The normalized spacial score (nSPS) is 24.3. The molecule has 4 nitrogen and oxygen atoms in total. The quantitative estimate of drug-likeness (QED) is 0.615. The van der Waals surface area contributed by atoms with E-state index in [1.54, 1.807) is 12.1 Å². The second-order valence-corrected chi connectivity index (χ2v) is 9.72. The lowest BCUT2D eigenvalue weighted by Gasteiger charge is -2.46. The Balaban J connectivity index is 1.83. The van der Waals surface area contributed by atoms with Gasteiger partial charge in [0.1, 0.15) is 0 Å². The Hall–Kier alpha value is -2.31. The van der Waals surface area contributed by atoms with Crippen LogP contribution in [-0.2, 0) is 26.2 Å². The number of rotatable bonds is 4. The second kappa shape index (κ2) is 8.08. The van der Waals surface area contributed by atoms with Crippen molar-refractivity contribution in [3.05, 3.63) is 101 Å². The highest BCUT2D eigenvalue weighted by Crippen LogP contribution is 2.46. The van der Waals surface area contributed by atoms with Crippen molar-refractivity contribution in [3.8, 4) is 0 Å². The summed E-state index contributed by atoms with van der Waals surface area (Å²) in [5.41, 5.74) is 3.06. The molecule has 0 aromatic heterocycles. The smallest absolute Gasteiger partial charge is 0.211 e. The molecular formula is C25H26O4S. The van der Waals surface area contributed by atoms with Crippen LogP contribution in [0.1, 0.15) is 35.6 Å². The van der Waals surface area contributed by atoms with E-state index in [1.165, 1.54) is 6.92 Å². The first-order valence-electron chi connectivity index (χ1n) is 10.0. The summed E-state index contributed by atoms with van der Waals surface area (Å²) in [6, 6.07) is 25.3. The molecule has 0 spiro atoms. The maximum Gasteiger partial charge on any atom is 0.211 e. The van der Waals surface area contributed by atoms with Crippen molar-refractivity contribution in [3.63, 3.8) is 0 Å². The van der Waals surface area contributed by atoms with Crippen molar-refractivity contribution in [2.24, 2.45) is 0 Å². The van der Waals surface area contributed by atoms with Crippen LogP contribution in [0.3, 0.4) is 0 Å². The molecule has 1 heterocycles. The van der Waals surface area contributed by atoms with E-state index >= 15 is 0 Å². The molecule has 3 atom stereocenters. The van der Waals surface area contributed by atoms with Crippen LogP contribution in [0.5, 0.6) is 0 Å². The maximum atomic E-state index is 13.5. The van der Waals surface area contributed by atoms with Crippen LogP contribution in [0.2, 0.25) is 0 Å². The summed E-state index contributed by atoms with van der Waals surface area (Å²) in [5.74, 6) is -1.69. The molecule has 0 saturated carbocycles. The monoisotopic (exact) mass is 422 g/mol. The molecule has 3 aromatic carbocycles. The van der Waals surface area contributed by atoms with Gasteiger partial charge in [0.25, 0.3) is 0 Å². The highest BCUT2D eigenvalue weighted by Gasteiger charge is 2.53. The van der Waals surface area contributed by atoms with Gasteiger partial charge >= 0.3 is 0 Å². The number of aliphatic hydroxyl groups is 1. The molecule has 0 amide bonds. The fourth-order valence-electron chi connectivity index (χ4n) is 3.83. The first kappa shape index (κ1) is 20.9. The van der Waals surface area contributed by atoms with E-state index in [-0.39, 0.29) is 0 Å². The standard InChI is InChI=1S/C25H26O4S/c1-18-9-13-20(14-10-18)25(21-15-11-19(2)12-16-21)17-23(24(3,26)28-29-25)30(27)22-7-5-4-6-8-22/h4-16,23,26H,17H2,1-3H3. The van der Waals surface area contributed by atoms with E-state index in [2.05, 4.69) is 0 Å². The molecule has 1 aliphatic rings. The van der Waals surface area contributed by atoms with Crippen LogP contribution in [0.25, 0.3) is 0 Å². The molecule has 0 bridgehead atoms. The van der Waals surface area contributed by atoms with Gasteiger partial charge in [-0.2, -0.15) is 4.89 Å². The minimum absolute atomic E-state index is 0.299. The van der Waals surface area contributed by atoms with E-state index in [9.17, 15) is 9.32 Å². The zero-order valence-corrected chi connectivity index (χ0v) is 18.2. The van der Waals surface area contributed by atoms with Gasteiger partial charge in [-0.3, -0.25) is 4.21 Å². The van der Waals surface area contributed by atoms with Crippen molar-refractivity contribution in [1.29, 1.82) is 0 Å². The number of aryl methyl sites for hydroxylation is 2. The van der Waals surface area contributed by atoms with Crippen LogP contribution >= 0.6 is 0 Å². The summed E-state index contributed by atoms with van der Waals surface area (Å²) in [6.07, 6.45) is 0.299. The summed E-state index contributed by atoms with van der Waals surface area (Å²) in [5, 5.41) is 10.2. The van der Waals surface area contributed by atoms with E-state index in [0.717, 1.165) is 22.3 Å². The third-order valence-electron chi connectivity index (χ3n) is 5.69. The molecule has 3 aromatic rings. The van der Waals surface area contributed by atoms with Crippen molar-refractivity contribution < 1.29 is 19.1 Å². The Labute approximate surface area is 179 Å². The minimum atomic E-state index is -1.69. The summed E-state index contributed by atoms with van der Waals surface area (Å²) < 4.78 is 13.5. The number of hydrogen-bond acceptors (Lipinski definition) is 4. The fraction of sp³-hybridized carbons (Fsp3) is 0.280.